The average molecular weight is 486 g/mol. The number of benzene rings is 1. The smallest absolute Gasteiger partial charge is 0.433 e. The van der Waals surface area contributed by atoms with E-state index in [1.165, 1.54) is 6.07 Å². The van der Waals surface area contributed by atoms with Crippen molar-refractivity contribution < 1.29 is 23.6 Å². The van der Waals surface area contributed by atoms with Gasteiger partial charge in [-0.25, -0.2) is 4.98 Å². The number of ether oxygens (including phenoxy) is 2. The van der Waals surface area contributed by atoms with Gasteiger partial charge in [-0.05, 0) is 31.4 Å². The Kier molecular flexibility index (Phi) is 7.67. The molecule has 1 N–H and O–H groups in total. The molecule has 1 fully saturated rings. The molecular weight excluding hydrogens is 454 g/mol. The zero-order valence-electron chi connectivity index (χ0n) is 20.2. The Balaban J connectivity index is 1.59. The van der Waals surface area contributed by atoms with Crippen LogP contribution in [0.3, 0.4) is 0 Å². The van der Waals surface area contributed by atoms with Crippen molar-refractivity contribution in [2.24, 2.45) is 5.92 Å². The number of nitrogens with one attached hydrogen (secondary N) is 1. The standard InChI is InChI=1S/C24H31N5O6/c1-16(2)12-17(3)28-15-25-18-13-19(26-24(30)21-4-5-23(35-21)29(31)32)22(14-20(18)28)34-11-8-27-6-9-33-10-7-27/h4-5,13-17H,6-12H2,1-3H3,(H,26,30). The maximum atomic E-state index is 12.8. The zero-order valence-corrected chi connectivity index (χ0v) is 20.2. The highest BCUT2D eigenvalue weighted by molar-refractivity contribution is 6.04. The number of furan rings is 1. The predicted octanol–water partition coefficient (Wildman–Crippen LogP) is 4.11. The van der Waals surface area contributed by atoms with E-state index in [-0.39, 0.29) is 11.8 Å². The maximum Gasteiger partial charge on any atom is 0.433 e. The highest BCUT2D eigenvalue weighted by Gasteiger charge is 2.21. The van der Waals surface area contributed by atoms with Crippen LogP contribution < -0.4 is 10.1 Å². The van der Waals surface area contributed by atoms with E-state index in [1.807, 2.05) is 6.07 Å². The highest BCUT2D eigenvalue weighted by Crippen LogP contribution is 2.33. The number of amides is 1. The third-order valence-electron chi connectivity index (χ3n) is 5.98. The van der Waals surface area contributed by atoms with E-state index in [2.05, 4.69) is 40.5 Å². The molecule has 3 heterocycles. The molecule has 1 aliphatic heterocycles. The fraction of sp³-hybridized carbons (Fsp3) is 0.500. The van der Waals surface area contributed by atoms with Gasteiger partial charge in [0.2, 0.25) is 0 Å². The summed E-state index contributed by atoms with van der Waals surface area (Å²) in [6.07, 6.45) is 2.80. The minimum Gasteiger partial charge on any atom is -0.490 e. The summed E-state index contributed by atoms with van der Waals surface area (Å²) in [5.41, 5.74) is 2.04. The lowest BCUT2D eigenvalue weighted by Gasteiger charge is -2.26. The first-order chi connectivity index (χ1) is 16.8. The molecule has 1 amide bonds. The summed E-state index contributed by atoms with van der Waals surface area (Å²) >= 11 is 0. The number of anilines is 1. The topological polar surface area (TPSA) is 125 Å². The number of hydrogen-bond acceptors (Lipinski definition) is 8. The van der Waals surface area contributed by atoms with E-state index in [0.717, 1.165) is 37.6 Å². The Hall–Kier alpha value is -3.44. The van der Waals surface area contributed by atoms with Gasteiger partial charge in [-0.1, -0.05) is 13.8 Å². The number of carbonyl (C=O) groups is 1. The second-order valence-corrected chi connectivity index (χ2v) is 9.12. The van der Waals surface area contributed by atoms with Gasteiger partial charge < -0.3 is 23.8 Å². The molecule has 1 saturated heterocycles. The molecule has 0 radical (unpaired) electrons. The number of imidazole rings is 1. The molecule has 188 valence electrons. The van der Waals surface area contributed by atoms with Crippen molar-refractivity contribution in [1.82, 2.24) is 14.5 Å². The van der Waals surface area contributed by atoms with E-state index >= 15 is 0 Å². The first kappa shape index (κ1) is 24.7. The summed E-state index contributed by atoms with van der Waals surface area (Å²) in [4.78, 5) is 29.8. The van der Waals surface area contributed by atoms with Crippen LogP contribution in [0.2, 0.25) is 0 Å². The van der Waals surface area contributed by atoms with Crippen LogP contribution in [0.1, 0.15) is 43.8 Å². The molecule has 2 aromatic heterocycles. The second-order valence-electron chi connectivity index (χ2n) is 9.12. The summed E-state index contributed by atoms with van der Waals surface area (Å²) in [5.74, 6) is -0.234. The minimum atomic E-state index is -0.687. The minimum absolute atomic E-state index is 0.160. The number of carbonyl (C=O) groups excluding carboxylic acids is 1. The largest absolute Gasteiger partial charge is 0.490 e. The van der Waals surface area contributed by atoms with Crippen molar-refractivity contribution in [3.05, 3.63) is 46.5 Å². The lowest BCUT2D eigenvalue weighted by molar-refractivity contribution is -0.402. The average Bonchev–Trinajstić information content (AvgIpc) is 3.47. The zero-order chi connectivity index (χ0) is 24.9. The first-order valence-electron chi connectivity index (χ1n) is 11.8. The normalized spacial score (nSPS) is 15.4. The molecule has 1 aromatic carbocycles. The van der Waals surface area contributed by atoms with Gasteiger partial charge >= 0.3 is 5.88 Å². The summed E-state index contributed by atoms with van der Waals surface area (Å²) in [5, 5.41) is 13.7. The van der Waals surface area contributed by atoms with Crippen molar-refractivity contribution in [2.75, 3.05) is 44.8 Å². The van der Waals surface area contributed by atoms with E-state index in [9.17, 15) is 14.9 Å². The summed E-state index contributed by atoms with van der Waals surface area (Å²) in [6.45, 7) is 10.8. The monoisotopic (exact) mass is 485 g/mol. The van der Waals surface area contributed by atoms with Gasteiger partial charge in [0.15, 0.2) is 5.76 Å². The third-order valence-corrected chi connectivity index (χ3v) is 5.98. The molecule has 0 spiro atoms. The Morgan fingerprint density at radius 3 is 2.71 bits per heavy atom. The van der Waals surface area contributed by atoms with Crippen LogP contribution >= 0.6 is 0 Å². The van der Waals surface area contributed by atoms with Gasteiger partial charge in [-0.2, -0.15) is 0 Å². The third kappa shape index (κ3) is 5.98. The van der Waals surface area contributed by atoms with Crippen molar-refractivity contribution in [1.29, 1.82) is 0 Å². The number of fused-ring (bicyclic) bond motifs is 1. The summed E-state index contributed by atoms with van der Waals surface area (Å²) in [7, 11) is 0. The quantitative estimate of drug-likeness (QED) is 0.336. The molecule has 1 unspecified atom stereocenters. The number of nitro groups is 1. The summed E-state index contributed by atoms with van der Waals surface area (Å²) < 4.78 is 18.7. The van der Waals surface area contributed by atoms with Crippen LogP contribution in [0.4, 0.5) is 11.6 Å². The van der Waals surface area contributed by atoms with Crippen LogP contribution in [0.5, 0.6) is 5.75 Å². The Morgan fingerprint density at radius 1 is 1.26 bits per heavy atom. The molecule has 11 nitrogen and oxygen atoms in total. The molecule has 4 rings (SSSR count). The van der Waals surface area contributed by atoms with Crippen molar-refractivity contribution >= 4 is 28.5 Å². The van der Waals surface area contributed by atoms with Crippen molar-refractivity contribution in [3.63, 3.8) is 0 Å². The van der Waals surface area contributed by atoms with Gasteiger partial charge in [0.25, 0.3) is 5.91 Å². The first-order valence-corrected chi connectivity index (χ1v) is 11.8. The molecular formula is C24H31N5O6. The lowest BCUT2D eigenvalue weighted by Crippen LogP contribution is -2.38. The number of nitrogens with zero attached hydrogens (tertiary/aromatic N) is 4. The lowest BCUT2D eigenvalue weighted by atomic mass is 10.1. The second kappa shape index (κ2) is 10.9. The Bertz CT molecular complexity index is 1180. The van der Waals surface area contributed by atoms with Crippen molar-refractivity contribution in [3.8, 4) is 5.75 Å². The van der Waals surface area contributed by atoms with Crippen LogP contribution in [0.25, 0.3) is 11.0 Å². The fourth-order valence-electron chi connectivity index (χ4n) is 4.26. The molecule has 0 aliphatic carbocycles. The number of morpholine rings is 1. The highest BCUT2D eigenvalue weighted by atomic mass is 16.6. The van der Waals surface area contributed by atoms with Gasteiger partial charge in [0, 0.05) is 31.7 Å². The van der Waals surface area contributed by atoms with Gasteiger partial charge in [-0.15, -0.1) is 0 Å². The summed E-state index contributed by atoms with van der Waals surface area (Å²) in [6, 6.07) is 6.31. The van der Waals surface area contributed by atoms with Crippen LogP contribution in [-0.4, -0.2) is 64.7 Å². The molecule has 35 heavy (non-hydrogen) atoms. The predicted molar refractivity (Wildman–Crippen MR) is 130 cm³/mol. The molecule has 1 atom stereocenters. The molecule has 0 bridgehead atoms. The number of rotatable bonds is 10. The van der Waals surface area contributed by atoms with E-state index in [1.54, 1.807) is 12.4 Å². The Morgan fingerprint density at radius 2 is 2.03 bits per heavy atom. The van der Waals surface area contributed by atoms with Crippen LogP contribution in [-0.2, 0) is 4.74 Å². The van der Waals surface area contributed by atoms with E-state index < -0.39 is 16.7 Å². The Labute approximate surface area is 203 Å². The van der Waals surface area contributed by atoms with Crippen molar-refractivity contribution in [2.45, 2.75) is 33.2 Å². The number of hydrogen-bond donors (Lipinski definition) is 1. The van der Waals surface area contributed by atoms with Gasteiger partial charge in [-0.3, -0.25) is 19.8 Å². The molecule has 3 aromatic rings. The SMILES string of the molecule is CC(C)CC(C)n1cnc2cc(NC(=O)c3ccc([N+](=O)[O-])o3)c(OCCN3CCOCC3)cc21. The molecule has 11 heteroatoms. The van der Waals surface area contributed by atoms with Crippen LogP contribution in [0, 0.1) is 16.0 Å². The molecule has 0 saturated carbocycles. The van der Waals surface area contributed by atoms with E-state index in [0.29, 0.717) is 42.7 Å². The van der Waals surface area contributed by atoms with E-state index in [4.69, 9.17) is 13.9 Å². The van der Waals surface area contributed by atoms with Gasteiger partial charge in [0.05, 0.1) is 42.3 Å². The number of aromatic nitrogens is 2. The maximum absolute atomic E-state index is 12.8. The fourth-order valence-corrected chi connectivity index (χ4v) is 4.26. The molecule has 1 aliphatic rings. The van der Waals surface area contributed by atoms with Crippen LogP contribution in [0.15, 0.2) is 35.0 Å². The van der Waals surface area contributed by atoms with Gasteiger partial charge in [0.1, 0.15) is 17.3 Å².